The van der Waals surface area contributed by atoms with Crippen LogP contribution in [0.15, 0.2) is 39.5 Å². The van der Waals surface area contributed by atoms with Crippen molar-refractivity contribution < 1.29 is 28.3 Å². The first-order chi connectivity index (χ1) is 15.5. The van der Waals surface area contributed by atoms with Crippen molar-refractivity contribution in [3.8, 4) is 34.8 Å². The molecule has 0 radical (unpaired) electrons. The van der Waals surface area contributed by atoms with Crippen LogP contribution < -0.4 is 29.5 Å². The van der Waals surface area contributed by atoms with Gasteiger partial charge in [-0.15, -0.1) is 0 Å². The molecular weight excluding hydrogens is 410 g/mol. The summed E-state index contributed by atoms with van der Waals surface area (Å²) in [6.45, 7) is 3.26. The molecule has 3 aromatic rings. The summed E-state index contributed by atoms with van der Waals surface area (Å²) in [4.78, 5) is 12.9. The number of likely N-dealkylation sites (N-methyl/N-ethyl adjacent to an activating group) is 1. The van der Waals surface area contributed by atoms with E-state index in [9.17, 15) is 4.79 Å². The molecule has 2 aliphatic rings. The normalized spacial score (nSPS) is 18.6. The van der Waals surface area contributed by atoms with Gasteiger partial charge in [-0.05, 0) is 42.2 Å². The first kappa shape index (κ1) is 20.3. The van der Waals surface area contributed by atoms with Gasteiger partial charge in [0.15, 0.2) is 17.5 Å². The van der Waals surface area contributed by atoms with Crippen molar-refractivity contribution in [2.24, 2.45) is 0 Å². The van der Waals surface area contributed by atoms with Crippen LogP contribution >= 0.6 is 0 Å². The Bertz CT molecular complexity index is 1320. The minimum atomic E-state index is -0.372. The lowest BCUT2D eigenvalue weighted by molar-refractivity contribution is -0.905. The number of ether oxygens (including phenoxy) is 4. The molecule has 0 spiro atoms. The Morgan fingerprint density at radius 1 is 1.22 bits per heavy atom. The molecule has 5 rings (SSSR count). The van der Waals surface area contributed by atoms with Crippen molar-refractivity contribution in [1.29, 1.82) is 0 Å². The first-order valence-corrected chi connectivity index (χ1v) is 10.5. The van der Waals surface area contributed by atoms with Gasteiger partial charge in [-0.3, -0.25) is 0 Å². The Morgan fingerprint density at radius 2 is 2.09 bits per heavy atom. The Hall–Kier alpha value is -3.63. The predicted octanol–water partition coefficient (Wildman–Crippen LogP) is 2.03. The van der Waals surface area contributed by atoms with Gasteiger partial charge in [-0.2, -0.15) is 0 Å². The summed E-state index contributed by atoms with van der Waals surface area (Å²) in [5.41, 5.74) is 3.24. The third-order valence-corrected chi connectivity index (χ3v) is 6.00. The van der Waals surface area contributed by atoms with Gasteiger partial charge in [0.2, 0.25) is 12.5 Å². The van der Waals surface area contributed by atoms with E-state index in [1.54, 1.807) is 13.2 Å². The summed E-state index contributed by atoms with van der Waals surface area (Å²) in [5, 5.41) is 0.887. The lowest BCUT2D eigenvalue weighted by Gasteiger charge is -2.29. The number of methoxy groups -OCH3 is 1. The van der Waals surface area contributed by atoms with E-state index in [1.807, 2.05) is 25.1 Å². The SMILES string of the molecule is COc1c2c(cc3c1[C@H](C#CCOc1ccc4c(C)cc(=O)oc4c1)[NH+](C)CC3)OCO2. The summed E-state index contributed by atoms with van der Waals surface area (Å²) in [6, 6.07) is 8.93. The summed E-state index contributed by atoms with van der Waals surface area (Å²) in [5.74, 6) is 9.19. The van der Waals surface area contributed by atoms with Crippen molar-refractivity contribution in [2.45, 2.75) is 19.4 Å². The van der Waals surface area contributed by atoms with E-state index in [2.05, 4.69) is 18.9 Å². The molecule has 164 valence electrons. The molecular formula is C25H24NO6+. The molecule has 0 saturated heterocycles. The molecule has 2 aliphatic heterocycles. The summed E-state index contributed by atoms with van der Waals surface area (Å²) < 4.78 is 28.0. The van der Waals surface area contributed by atoms with Crippen molar-refractivity contribution in [3.05, 3.63) is 57.4 Å². The van der Waals surface area contributed by atoms with Crippen molar-refractivity contribution in [2.75, 3.05) is 34.1 Å². The van der Waals surface area contributed by atoms with Gasteiger partial charge in [0.05, 0.1) is 26.3 Å². The predicted molar refractivity (Wildman–Crippen MR) is 118 cm³/mol. The third kappa shape index (κ3) is 3.53. The molecule has 1 N–H and O–H groups in total. The van der Waals surface area contributed by atoms with E-state index >= 15 is 0 Å². The number of benzene rings is 2. The smallest absolute Gasteiger partial charge is 0.336 e. The second kappa shape index (κ2) is 8.13. The van der Waals surface area contributed by atoms with Crippen LogP contribution in [-0.4, -0.2) is 34.1 Å². The fraction of sp³-hybridized carbons (Fsp3) is 0.320. The Labute approximate surface area is 185 Å². The number of nitrogens with one attached hydrogen (secondary N) is 1. The van der Waals surface area contributed by atoms with Crippen molar-refractivity contribution >= 4 is 11.0 Å². The van der Waals surface area contributed by atoms with Crippen LogP contribution in [-0.2, 0) is 6.42 Å². The molecule has 0 aliphatic carbocycles. The molecule has 2 atom stereocenters. The van der Waals surface area contributed by atoms with Gasteiger partial charge in [0, 0.05) is 23.9 Å². The Morgan fingerprint density at radius 3 is 2.94 bits per heavy atom. The monoisotopic (exact) mass is 434 g/mol. The van der Waals surface area contributed by atoms with Crippen LogP contribution in [0.2, 0.25) is 0 Å². The van der Waals surface area contributed by atoms with Crippen molar-refractivity contribution in [3.63, 3.8) is 0 Å². The molecule has 2 aromatic carbocycles. The topological polar surface area (TPSA) is 71.6 Å². The standard InChI is InChI=1S/C25H23NO6/c1-15-11-22(27)32-20-13-17(6-7-18(15)20)29-10-4-5-19-23-16(8-9-26(19)2)12-21-24(25(23)28-3)31-14-30-21/h6-7,11-13,19H,8-10,14H2,1-3H3/p+1/t19-/m0/s1. The maximum Gasteiger partial charge on any atom is 0.336 e. The quantitative estimate of drug-likeness (QED) is 0.503. The van der Waals surface area contributed by atoms with Crippen LogP contribution in [0.25, 0.3) is 11.0 Å². The van der Waals surface area contributed by atoms with Gasteiger partial charge in [-0.1, -0.05) is 5.92 Å². The first-order valence-electron chi connectivity index (χ1n) is 10.5. The average Bonchev–Trinajstić information content (AvgIpc) is 3.24. The number of quaternary nitrogens is 1. The average molecular weight is 434 g/mol. The largest absolute Gasteiger partial charge is 0.492 e. The molecule has 7 heteroatoms. The van der Waals surface area contributed by atoms with Gasteiger partial charge in [-0.25, -0.2) is 4.79 Å². The zero-order valence-electron chi connectivity index (χ0n) is 18.2. The molecule has 0 amide bonds. The number of aryl methyl sites for hydroxylation is 1. The Balaban J connectivity index is 1.39. The van der Waals surface area contributed by atoms with E-state index in [1.165, 1.54) is 16.5 Å². The molecule has 3 heterocycles. The van der Waals surface area contributed by atoms with Crippen molar-refractivity contribution in [1.82, 2.24) is 0 Å². The van der Waals surface area contributed by atoms with Crippen LogP contribution in [0, 0.1) is 18.8 Å². The molecule has 7 nitrogen and oxygen atoms in total. The molecule has 1 unspecified atom stereocenters. The van der Waals surface area contributed by atoms with Crippen LogP contribution in [0.5, 0.6) is 23.0 Å². The fourth-order valence-corrected chi connectivity index (χ4v) is 4.38. The second-order valence-corrected chi connectivity index (χ2v) is 8.01. The maximum atomic E-state index is 11.6. The van der Waals surface area contributed by atoms with E-state index in [-0.39, 0.29) is 25.1 Å². The number of fused-ring (bicyclic) bond motifs is 3. The van der Waals surface area contributed by atoms with E-state index in [0.29, 0.717) is 22.8 Å². The molecule has 0 saturated carbocycles. The van der Waals surface area contributed by atoms with Crippen LogP contribution in [0.4, 0.5) is 0 Å². The van der Waals surface area contributed by atoms with Crippen LogP contribution in [0.1, 0.15) is 22.7 Å². The highest BCUT2D eigenvalue weighted by molar-refractivity contribution is 5.81. The van der Waals surface area contributed by atoms with E-state index in [4.69, 9.17) is 23.4 Å². The van der Waals surface area contributed by atoms with Crippen LogP contribution in [0.3, 0.4) is 0 Å². The van der Waals surface area contributed by atoms with E-state index < -0.39 is 0 Å². The highest BCUT2D eigenvalue weighted by Gasteiger charge is 2.35. The van der Waals surface area contributed by atoms with E-state index in [0.717, 1.165) is 35.2 Å². The summed E-state index contributed by atoms with van der Waals surface area (Å²) in [7, 11) is 3.77. The minimum absolute atomic E-state index is 0.0657. The van der Waals surface area contributed by atoms with Gasteiger partial charge in [0.1, 0.15) is 17.9 Å². The number of rotatable bonds is 3. The summed E-state index contributed by atoms with van der Waals surface area (Å²) >= 11 is 0. The second-order valence-electron chi connectivity index (χ2n) is 8.01. The zero-order chi connectivity index (χ0) is 22.2. The lowest BCUT2D eigenvalue weighted by atomic mass is 9.91. The highest BCUT2D eigenvalue weighted by atomic mass is 16.7. The third-order valence-electron chi connectivity index (χ3n) is 6.00. The van der Waals surface area contributed by atoms with Gasteiger partial charge >= 0.3 is 5.63 Å². The minimum Gasteiger partial charge on any atom is -0.492 e. The van der Waals surface area contributed by atoms with Gasteiger partial charge in [0.25, 0.3) is 0 Å². The summed E-state index contributed by atoms with van der Waals surface area (Å²) in [6.07, 6.45) is 0.921. The molecule has 0 fully saturated rings. The number of hydrogen-bond acceptors (Lipinski definition) is 6. The highest BCUT2D eigenvalue weighted by Crippen LogP contribution is 2.47. The molecule has 1 aromatic heterocycles. The zero-order valence-corrected chi connectivity index (χ0v) is 18.2. The lowest BCUT2D eigenvalue weighted by Crippen LogP contribution is -3.10. The van der Waals surface area contributed by atoms with Gasteiger partial charge < -0.3 is 28.3 Å². The number of hydrogen-bond donors (Lipinski definition) is 1. The Kier molecular flexibility index (Phi) is 5.16. The fourth-order valence-electron chi connectivity index (χ4n) is 4.38. The molecule has 32 heavy (non-hydrogen) atoms. The molecule has 0 bridgehead atoms. The maximum absolute atomic E-state index is 11.6.